The minimum Gasteiger partial charge on any atom is -0.449 e. The molecule has 0 aliphatic heterocycles. The summed E-state index contributed by atoms with van der Waals surface area (Å²) in [6, 6.07) is 14.6. The van der Waals surface area contributed by atoms with Crippen LogP contribution < -0.4 is 10.3 Å². The molecule has 0 aliphatic rings. The first-order valence-electron chi connectivity index (χ1n) is 8.74. The molecule has 0 bridgehead atoms. The zero-order valence-corrected chi connectivity index (χ0v) is 16.2. The Balaban J connectivity index is 1.83. The predicted octanol–water partition coefficient (Wildman–Crippen LogP) is 5.76. The van der Waals surface area contributed by atoms with Crippen molar-refractivity contribution in [2.75, 3.05) is 0 Å². The van der Waals surface area contributed by atoms with Crippen LogP contribution in [0.5, 0.6) is 11.5 Å². The molecule has 2 heterocycles. The molecular weight excluding hydrogens is 419 g/mol. The van der Waals surface area contributed by atoms with Crippen LogP contribution in [0.2, 0.25) is 5.02 Å². The van der Waals surface area contributed by atoms with E-state index in [1.165, 1.54) is 18.2 Å². The second kappa shape index (κ2) is 7.46. The summed E-state index contributed by atoms with van der Waals surface area (Å²) in [6.07, 6.45) is -4.93. The maximum atomic E-state index is 13.7. The highest BCUT2D eigenvalue weighted by molar-refractivity contribution is 6.31. The zero-order chi connectivity index (χ0) is 21.5. The lowest BCUT2D eigenvalue weighted by molar-refractivity contribution is -0.142. The summed E-state index contributed by atoms with van der Waals surface area (Å²) in [7, 11) is 0. The van der Waals surface area contributed by atoms with Crippen LogP contribution in [0, 0.1) is 6.92 Å². The maximum Gasteiger partial charge on any atom is 0.437 e. The number of fused-ring (bicyclic) bond motifs is 1. The monoisotopic (exact) mass is 431 g/mol. The topological polar surface area (TPSA) is 67.9 Å². The number of para-hydroxylation sites is 1. The molecule has 5 nitrogen and oxygen atoms in total. The first-order chi connectivity index (χ1) is 14.2. The Morgan fingerprint density at radius 2 is 1.80 bits per heavy atom. The molecule has 9 heteroatoms. The van der Waals surface area contributed by atoms with Crippen molar-refractivity contribution in [2.45, 2.75) is 13.1 Å². The number of ether oxygens (including phenoxy) is 1. The summed E-state index contributed by atoms with van der Waals surface area (Å²) in [4.78, 5) is 22.8. The second-order valence-electron chi connectivity index (χ2n) is 6.49. The van der Waals surface area contributed by atoms with Crippen LogP contribution in [0.1, 0.15) is 11.3 Å². The molecule has 0 unspecified atom stereocenters. The number of halogens is 4. The van der Waals surface area contributed by atoms with Crippen molar-refractivity contribution in [3.8, 4) is 23.0 Å². The lowest BCUT2D eigenvalue weighted by Crippen LogP contribution is -2.21. The number of hydrogen-bond acceptors (Lipinski definition) is 4. The summed E-state index contributed by atoms with van der Waals surface area (Å²) < 4.78 is 46.3. The van der Waals surface area contributed by atoms with Gasteiger partial charge in [-0.25, -0.2) is 9.97 Å². The third-order valence-corrected chi connectivity index (χ3v) is 4.76. The van der Waals surface area contributed by atoms with Crippen LogP contribution in [0.3, 0.4) is 0 Å². The van der Waals surface area contributed by atoms with Crippen LogP contribution in [0.25, 0.3) is 22.4 Å². The molecule has 2 aromatic heterocycles. The molecule has 0 spiro atoms. The number of H-pyrrole nitrogens is 1. The van der Waals surface area contributed by atoms with Gasteiger partial charge in [0.2, 0.25) is 5.75 Å². The van der Waals surface area contributed by atoms with Gasteiger partial charge in [0.25, 0.3) is 5.56 Å². The smallest absolute Gasteiger partial charge is 0.437 e. The Bertz CT molecular complexity index is 1320. The van der Waals surface area contributed by atoms with Gasteiger partial charge in [-0.05, 0) is 36.8 Å². The maximum absolute atomic E-state index is 13.7. The Labute approximate surface area is 173 Å². The summed E-state index contributed by atoms with van der Waals surface area (Å²) in [5.74, 6) is -1.29. The van der Waals surface area contributed by atoms with Gasteiger partial charge < -0.3 is 9.72 Å². The number of rotatable bonds is 3. The van der Waals surface area contributed by atoms with E-state index < -0.39 is 23.2 Å². The predicted molar refractivity (Wildman–Crippen MR) is 107 cm³/mol. The molecule has 4 rings (SSSR count). The van der Waals surface area contributed by atoms with E-state index in [9.17, 15) is 18.0 Å². The lowest BCUT2D eigenvalue weighted by Gasteiger charge is -2.14. The van der Waals surface area contributed by atoms with Crippen molar-refractivity contribution in [3.63, 3.8) is 0 Å². The number of hydrogen-bond donors (Lipinski definition) is 1. The van der Waals surface area contributed by atoms with E-state index in [2.05, 4.69) is 15.0 Å². The lowest BCUT2D eigenvalue weighted by atomic mass is 10.2. The molecule has 0 saturated carbocycles. The molecule has 4 aromatic rings. The van der Waals surface area contributed by atoms with Gasteiger partial charge in [0.15, 0.2) is 11.5 Å². The molecule has 0 saturated heterocycles. The number of aromatic amines is 1. The van der Waals surface area contributed by atoms with Crippen LogP contribution in [-0.2, 0) is 6.18 Å². The van der Waals surface area contributed by atoms with Crippen molar-refractivity contribution >= 4 is 22.5 Å². The highest BCUT2D eigenvalue weighted by Gasteiger charge is 2.39. The molecule has 1 N–H and O–H groups in total. The van der Waals surface area contributed by atoms with Gasteiger partial charge in [-0.1, -0.05) is 41.9 Å². The summed E-state index contributed by atoms with van der Waals surface area (Å²) in [6.45, 7) is 1.73. The summed E-state index contributed by atoms with van der Waals surface area (Å²) >= 11 is 5.99. The van der Waals surface area contributed by atoms with Crippen molar-refractivity contribution in [1.29, 1.82) is 0 Å². The average Bonchev–Trinajstić information content (AvgIpc) is 2.70. The molecule has 0 fully saturated rings. The van der Waals surface area contributed by atoms with Crippen molar-refractivity contribution < 1.29 is 17.9 Å². The van der Waals surface area contributed by atoms with Crippen LogP contribution in [0.15, 0.2) is 59.4 Å². The van der Waals surface area contributed by atoms with E-state index in [0.29, 0.717) is 16.1 Å². The van der Waals surface area contributed by atoms with E-state index in [1.807, 2.05) is 12.1 Å². The van der Waals surface area contributed by atoms with Crippen LogP contribution in [-0.4, -0.2) is 15.0 Å². The van der Waals surface area contributed by atoms with Gasteiger partial charge in [0.05, 0.1) is 5.52 Å². The van der Waals surface area contributed by atoms with Gasteiger partial charge in [-0.2, -0.15) is 13.2 Å². The van der Waals surface area contributed by atoms with Gasteiger partial charge >= 0.3 is 6.18 Å². The van der Waals surface area contributed by atoms with Crippen LogP contribution in [0.4, 0.5) is 13.2 Å². The van der Waals surface area contributed by atoms with Gasteiger partial charge in [0, 0.05) is 10.4 Å². The third kappa shape index (κ3) is 3.86. The number of nitrogens with one attached hydrogen (secondary N) is 1. The first-order valence-corrected chi connectivity index (χ1v) is 9.12. The van der Waals surface area contributed by atoms with Gasteiger partial charge in [-0.15, -0.1) is 0 Å². The highest BCUT2D eigenvalue weighted by atomic mass is 35.5. The number of aryl methyl sites for hydroxylation is 1. The summed E-state index contributed by atoms with van der Waals surface area (Å²) in [5.41, 5.74) is -1.17. The second-order valence-corrected chi connectivity index (χ2v) is 6.90. The van der Waals surface area contributed by atoms with Crippen LogP contribution >= 0.6 is 11.6 Å². The fourth-order valence-corrected chi connectivity index (χ4v) is 2.99. The average molecular weight is 432 g/mol. The Morgan fingerprint density at radius 3 is 2.53 bits per heavy atom. The van der Waals surface area contributed by atoms with E-state index in [0.717, 1.165) is 5.39 Å². The standard InChI is InChI=1S/C21H13ClF3N3O2/c1-11-6-8-13(10-14(11)22)30-17-18(21(23,24)25)27-19(28-20(17)29)16-9-7-12-4-2-3-5-15(12)26-16/h2-10H,1H3,(H,27,28,29). The molecule has 30 heavy (non-hydrogen) atoms. The first kappa shape index (κ1) is 19.9. The normalized spacial score (nSPS) is 11.6. The highest BCUT2D eigenvalue weighted by Crippen LogP contribution is 2.36. The van der Waals surface area contributed by atoms with Gasteiger partial charge in [0.1, 0.15) is 11.4 Å². The SMILES string of the molecule is Cc1ccc(Oc2c(C(F)(F)F)nc(-c3ccc4ccccc4n3)[nH]c2=O)cc1Cl. The fourth-order valence-electron chi connectivity index (χ4n) is 2.82. The molecule has 0 aliphatic carbocycles. The number of nitrogens with zero attached hydrogens (tertiary/aromatic N) is 2. The zero-order valence-electron chi connectivity index (χ0n) is 15.4. The van der Waals surface area contributed by atoms with E-state index in [4.69, 9.17) is 16.3 Å². The molecule has 152 valence electrons. The minimum absolute atomic E-state index is 0.0139. The molecule has 2 aromatic carbocycles. The van der Waals surface area contributed by atoms with Crippen molar-refractivity contribution in [2.24, 2.45) is 0 Å². The summed E-state index contributed by atoms with van der Waals surface area (Å²) in [5, 5.41) is 1.10. The van der Waals surface area contributed by atoms with E-state index in [-0.39, 0.29) is 17.3 Å². The fraction of sp³-hybridized carbons (Fsp3) is 0.0952. The molecule has 0 radical (unpaired) electrons. The number of aromatic nitrogens is 3. The number of pyridine rings is 1. The Kier molecular flexibility index (Phi) is 4.95. The van der Waals surface area contributed by atoms with Crippen molar-refractivity contribution in [3.05, 3.63) is 81.2 Å². The van der Waals surface area contributed by atoms with E-state index >= 15 is 0 Å². The number of alkyl halides is 3. The third-order valence-electron chi connectivity index (χ3n) is 4.35. The van der Waals surface area contributed by atoms with E-state index in [1.54, 1.807) is 31.2 Å². The largest absolute Gasteiger partial charge is 0.449 e. The van der Waals surface area contributed by atoms with Gasteiger partial charge in [-0.3, -0.25) is 4.79 Å². The van der Waals surface area contributed by atoms with Crippen molar-refractivity contribution in [1.82, 2.24) is 15.0 Å². The quantitative estimate of drug-likeness (QED) is 0.448. The molecule has 0 amide bonds. The molecule has 0 atom stereocenters. The number of benzene rings is 2. The molecular formula is C21H13ClF3N3O2. The Morgan fingerprint density at radius 1 is 1.03 bits per heavy atom. The minimum atomic E-state index is -4.93. The Hall–Kier alpha value is -3.39.